The van der Waals surface area contributed by atoms with Gasteiger partial charge in [-0.15, -0.1) is 0 Å². The second-order valence-corrected chi connectivity index (χ2v) is 6.47. The summed E-state index contributed by atoms with van der Waals surface area (Å²) in [5.41, 5.74) is 5.04. The van der Waals surface area contributed by atoms with Crippen LogP contribution in [-0.4, -0.2) is 30.2 Å². The van der Waals surface area contributed by atoms with Crippen LogP contribution in [0.25, 0.3) is 0 Å². The van der Waals surface area contributed by atoms with Crippen LogP contribution in [0.5, 0.6) is 11.5 Å². The fourth-order valence-corrected chi connectivity index (χ4v) is 2.75. The van der Waals surface area contributed by atoms with Crippen LogP contribution in [0.4, 0.5) is 5.69 Å². The van der Waals surface area contributed by atoms with Gasteiger partial charge in [0.1, 0.15) is 11.5 Å². The van der Waals surface area contributed by atoms with Gasteiger partial charge in [-0.25, -0.2) is 5.43 Å². The molecule has 0 aliphatic carbocycles. The van der Waals surface area contributed by atoms with Crippen LogP contribution in [-0.2, 0) is 0 Å². The van der Waals surface area contributed by atoms with E-state index < -0.39 is 5.91 Å². The van der Waals surface area contributed by atoms with Crippen LogP contribution >= 0.6 is 0 Å². The summed E-state index contributed by atoms with van der Waals surface area (Å²) < 4.78 is 5.10. The molecular weight excluding hydrogens is 382 g/mol. The number of hydrazone groups is 1. The largest absolute Gasteiger partial charge is 0.507 e. The minimum atomic E-state index is -0.458. The number of carbonyl (C=O) groups excluding carboxylic acids is 2. The zero-order valence-electron chi connectivity index (χ0n) is 16.5. The van der Waals surface area contributed by atoms with Crippen molar-refractivity contribution in [1.29, 1.82) is 0 Å². The van der Waals surface area contributed by atoms with E-state index >= 15 is 0 Å². The van der Waals surface area contributed by atoms with Gasteiger partial charge in [0.25, 0.3) is 11.8 Å². The molecule has 0 heterocycles. The Morgan fingerprint density at radius 1 is 1.00 bits per heavy atom. The van der Waals surface area contributed by atoms with Gasteiger partial charge >= 0.3 is 0 Å². The van der Waals surface area contributed by atoms with E-state index in [1.54, 1.807) is 48.5 Å². The number of rotatable bonds is 6. The average molecular weight is 403 g/mol. The number of benzene rings is 3. The van der Waals surface area contributed by atoms with Crippen molar-refractivity contribution in [2.45, 2.75) is 6.92 Å². The molecule has 0 bridgehead atoms. The molecule has 0 atom stereocenters. The molecule has 0 fully saturated rings. The van der Waals surface area contributed by atoms with E-state index in [-0.39, 0.29) is 11.7 Å². The molecule has 3 rings (SSSR count). The third kappa shape index (κ3) is 5.02. The lowest BCUT2D eigenvalue weighted by atomic mass is 10.1. The van der Waals surface area contributed by atoms with Gasteiger partial charge in [0.15, 0.2) is 0 Å². The first-order valence-corrected chi connectivity index (χ1v) is 9.15. The fraction of sp³-hybridized carbons (Fsp3) is 0.0870. The van der Waals surface area contributed by atoms with Crippen molar-refractivity contribution in [2.75, 3.05) is 12.4 Å². The molecule has 0 aromatic heterocycles. The molecule has 7 heteroatoms. The third-order valence-corrected chi connectivity index (χ3v) is 4.38. The number of anilines is 1. The number of amides is 2. The monoisotopic (exact) mass is 403 g/mol. The van der Waals surface area contributed by atoms with Crippen LogP contribution in [0.1, 0.15) is 31.8 Å². The Morgan fingerprint density at radius 3 is 2.57 bits per heavy atom. The second-order valence-electron chi connectivity index (χ2n) is 6.47. The molecule has 3 aromatic carbocycles. The number of methoxy groups -OCH3 is 1. The molecule has 152 valence electrons. The molecule has 3 N–H and O–H groups in total. The average Bonchev–Trinajstić information content (AvgIpc) is 2.75. The van der Waals surface area contributed by atoms with E-state index in [2.05, 4.69) is 15.8 Å². The molecule has 0 aliphatic rings. The number of hydrogen-bond acceptors (Lipinski definition) is 5. The molecule has 0 radical (unpaired) electrons. The molecule has 0 saturated heterocycles. The molecule has 3 aromatic rings. The lowest BCUT2D eigenvalue weighted by molar-refractivity contribution is 0.0953. The van der Waals surface area contributed by atoms with Gasteiger partial charge in [-0.05, 0) is 55.0 Å². The topological polar surface area (TPSA) is 100 Å². The highest BCUT2D eigenvalue weighted by atomic mass is 16.5. The van der Waals surface area contributed by atoms with Crippen LogP contribution in [0, 0.1) is 6.92 Å². The first-order valence-electron chi connectivity index (χ1n) is 9.15. The van der Waals surface area contributed by atoms with E-state index in [0.29, 0.717) is 28.1 Å². The standard InChI is InChI=1S/C23H21N3O4/c1-15-6-3-4-9-20(15)23(29)25-18-8-5-7-16(12-18)22(28)26-24-14-17-13-19(30-2)10-11-21(17)27/h3-14,27H,1-2H3,(H,25,29)(H,26,28). The summed E-state index contributed by atoms with van der Waals surface area (Å²) in [6.45, 7) is 1.86. The van der Waals surface area contributed by atoms with E-state index in [0.717, 1.165) is 5.56 Å². The maximum absolute atomic E-state index is 12.5. The zero-order chi connectivity index (χ0) is 21.5. The summed E-state index contributed by atoms with van der Waals surface area (Å²) >= 11 is 0. The van der Waals surface area contributed by atoms with Crippen LogP contribution in [0.3, 0.4) is 0 Å². The van der Waals surface area contributed by atoms with Crippen LogP contribution in [0.15, 0.2) is 71.8 Å². The van der Waals surface area contributed by atoms with Gasteiger partial charge in [0, 0.05) is 22.4 Å². The highest BCUT2D eigenvalue weighted by molar-refractivity contribution is 6.06. The van der Waals surface area contributed by atoms with Crippen molar-refractivity contribution in [3.05, 3.63) is 89.0 Å². The van der Waals surface area contributed by atoms with E-state index in [4.69, 9.17) is 4.74 Å². The Bertz CT molecular complexity index is 1110. The number of carbonyl (C=O) groups is 2. The predicted octanol–water partition coefficient (Wildman–Crippen LogP) is 3.73. The Hall–Kier alpha value is -4.13. The molecule has 0 aliphatic heterocycles. The number of phenolic OH excluding ortho intramolecular Hbond substituents is 1. The highest BCUT2D eigenvalue weighted by Crippen LogP contribution is 2.21. The van der Waals surface area contributed by atoms with Crippen molar-refractivity contribution < 1.29 is 19.4 Å². The maximum atomic E-state index is 12.5. The summed E-state index contributed by atoms with van der Waals surface area (Å²) in [5, 5.41) is 16.5. The number of aromatic hydroxyl groups is 1. The predicted molar refractivity (Wildman–Crippen MR) is 115 cm³/mol. The Morgan fingerprint density at radius 2 is 1.80 bits per heavy atom. The van der Waals surface area contributed by atoms with Gasteiger partial charge < -0.3 is 15.2 Å². The molecular formula is C23H21N3O4. The molecule has 0 unspecified atom stereocenters. The Balaban J connectivity index is 1.67. The Kier molecular flexibility index (Phi) is 6.44. The van der Waals surface area contributed by atoms with Crippen LogP contribution < -0.4 is 15.5 Å². The van der Waals surface area contributed by atoms with Crippen molar-refractivity contribution in [3.8, 4) is 11.5 Å². The van der Waals surface area contributed by atoms with Crippen molar-refractivity contribution in [3.63, 3.8) is 0 Å². The Labute approximate surface area is 174 Å². The van der Waals surface area contributed by atoms with Crippen molar-refractivity contribution >= 4 is 23.7 Å². The van der Waals surface area contributed by atoms with Gasteiger partial charge in [-0.3, -0.25) is 9.59 Å². The maximum Gasteiger partial charge on any atom is 0.271 e. The van der Waals surface area contributed by atoms with Crippen molar-refractivity contribution in [2.24, 2.45) is 5.10 Å². The minimum Gasteiger partial charge on any atom is -0.507 e. The normalized spacial score (nSPS) is 10.6. The first-order chi connectivity index (χ1) is 14.5. The quantitative estimate of drug-likeness (QED) is 0.431. The number of ether oxygens (including phenoxy) is 1. The number of nitrogens with one attached hydrogen (secondary N) is 2. The first kappa shape index (κ1) is 20.6. The summed E-state index contributed by atoms with van der Waals surface area (Å²) in [7, 11) is 1.51. The lowest BCUT2D eigenvalue weighted by Gasteiger charge is -2.09. The summed E-state index contributed by atoms with van der Waals surface area (Å²) in [5.74, 6) is -0.148. The number of nitrogens with zero attached hydrogens (tertiary/aromatic N) is 1. The summed E-state index contributed by atoms with van der Waals surface area (Å²) in [6, 6.07) is 18.5. The van der Waals surface area contributed by atoms with Gasteiger partial charge in [-0.2, -0.15) is 5.10 Å². The zero-order valence-corrected chi connectivity index (χ0v) is 16.5. The number of aryl methyl sites for hydroxylation is 1. The van der Waals surface area contributed by atoms with Gasteiger partial charge in [-0.1, -0.05) is 24.3 Å². The molecule has 0 saturated carbocycles. The fourth-order valence-electron chi connectivity index (χ4n) is 2.75. The number of phenols is 1. The highest BCUT2D eigenvalue weighted by Gasteiger charge is 2.10. The summed E-state index contributed by atoms with van der Waals surface area (Å²) in [6.07, 6.45) is 1.32. The van der Waals surface area contributed by atoms with Gasteiger partial charge in [0.05, 0.1) is 13.3 Å². The molecule has 7 nitrogen and oxygen atoms in total. The lowest BCUT2D eigenvalue weighted by Crippen LogP contribution is -2.18. The third-order valence-electron chi connectivity index (χ3n) is 4.38. The molecule has 0 spiro atoms. The van der Waals surface area contributed by atoms with Crippen LogP contribution in [0.2, 0.25) is 0 Å². The SMILES string of the molecule is COc1ccc(O)c(C=NNC(=O)c2cccc(NC(=O)c3ccccc3C)c2)c1. The minimum absolute atomic E-state index is 0.00899. The molecule has 2 amide bonds. The van der Waals surface area contributed by atoms with E-state index in [1.807, 2.05) is 19.1 Å². The van der Waals surface area contributed by atoms with E-state index in [9.17, 15) is 14.7 Å². The van der Waals surface area contributed by atoms with Crippen molar-refractivity contribution in [1.82, 2.24) is 5.43 Å². The van der Waals surface area contributed by atoms with E-state index in [1.165, 1.54) is 19.4 Å². The van der Waals surface area contributed by atoms with Gasteiger partial charge in [0.2, 0.25) is 0 Å². The summed E-state index contributed by atoms with van der Waals surface area (Å²) in [4.78, 5) is 24.8. The number of hydrogen-bond donors (Lipinski definition) is 3. The molecule has 30 heavy (non-hydrogen) atoms. The second kappa shape index (κ2) is 9.38. The smallest absolute Gasteiger partial charge is 0.271 e.